The molecule has 1 aromatic rings. The number of amides is 1. The summed E-state index contributed by atoms with van der Waals surface area (Å²) in [5.41, 5.74) is 0. The minimum atomic E-state index is -0.404. The van der Waals surface area contributed by atoms with E-state index in [0.717, 1.165) is 0 Å². The SMILES string of the molecule is O=C(CCl)Nc1ncnc(Cl)c1Cl. The van der Waals surface area contributed by atoms with Crippen molar-refractivity contribution in [3.05, 3.63) is 16.5 Å². The third-order valence-electron chi connectivity index (χ3n) is 1.13. The van der Waals surface area contributed by atoms with Gasteiger partial charge < -0.3 is 5.32 Å². The normalized spacial score (nSPS) is 9.77. The van der Waals surface area contributed by atoms with Gasteiger partial charge in [-0.25, -0.2) is 9.97 Å². The van der Waals surface area contributed by atoms with Gasteiger partial charge in [0.2, 0.25) is 5.91 Å². The van der Waals surface area contributed by atoms with E-state index < -0.39 is 5.91 Å². The standard InChI is InChI=1S/C6H4Cl3N3O/c7-1-3(13)12-6-4(8)5(9)10-2-11-6/h2H,1H2,(H,10,11,12,13). The fourth-order valence-electron chi connectivity index (χ4n) is 0.601. The lowest BCUT2D eigenvalue weighted by molar-refractivity contribution is -0.113. The summed E-state index contributed by atoms with van der Waals surface area (Å²) in [6, 6.07) is 0. The van der Waals surface area contributed by atoms with Gasteiger partial charge in [-0.3, -0.25) is 4.79 Å². The van der Waals surface area contributed by atoms with E-state index in [1.807, 2.05) is 0 Å². The number of hydrogen-bond donors (Lipinski definition) is 1. The summed E-state index contributed by atoms with van der Waals surface area (Å²) in [5, 5.41) is 2.55. The molecule has 7 heteroatoms. The second-order valence-electron chi connectivity index (χ2n) is 2.01. The minimum Gasteiger partial charge on any atom is -0.308 e. The van der Waals surface area contributed by atoms with Gasteiger partial charge in [-0.2, -0.15) is 0 Å². The molecule has 1 rings (SSSR count). The molecule has 1 heterocycles. The molecule has 0 atom stereocenters. The molecule has 0 spiro atoms. The molecule has 0 aliphatic rings. The third kappa shape index (κ3) is 2.69. The number of anilines is 1. The first-order chi connectivity index (χ1) is 6.15. The molecule has 0 fully saturated rings. The maximum Gasteiger partial charge on any atom is 0.240 e. The largest absolute Gasteiger partial charge is 0.308 e. The van der Waals surface area contributed by atoms with Crippen molar-refractivity contribution < 1.29 is 4.79 Å². The molecule has 4 nitrogen and oxygen atoms in total. The van der Waals surface area contributed by atoms with Gasteiger partial charge in [0.1, 0.15) is 17.2 Å². The van der Waals surface area contributed by atoms with Crippen LogP contribution in [0.5, 0.6) is 0 Å². The zero-order chi connectivity index (χ0) is 9.84. The van der Waals surface area contributed by atoms with E-state index >= 15 is 0 Å². The number of hydrogen-bond acceptors (Lipinski definition) is 3. The van der Waals surface area contributed by atoms with Crippen LogP contribution in [-0.4, -0.2) is 21.8 Å². The summed E-state index contributed by atoms with van der Waals surface area (Å²) >= 11 is 16.5. The van der Waals surface area contributed by atoms with Crippen molar-refractivity contribution in [3.63, 3.8) is 0 Å². The van der Waals surface area contributed by atoms with Crippen LogP contribution in [0, 0.1) is 0 Å². The van der Waals surface area contributed by atoms with Crippen molar-refractivity contribution in [1.29, 1.82) is 0 Å². The van der Waals surface area contributed by atoms with Gasteiger partial charge in [0.15, 0.2) is 11.0 Å². The smallest absolute Gasteiger partial charge is 0.240 e. The van der Waals surface area contributed by atoms with Crippen molar-refractivity contribution in [2.45, 2.75) is 0 Å². The summed E-state index contributed by atoms with van der Waals surface area (Å²) in [4.78, 5) is 18.2. The van der Waals surface area contributed by atoms with Crippen LogP contribution in [0.25, 0.3) is 0 Å². The van der Waals surface area contributed by atoms with Crippen LogP contribution in [0.3, 0.4) is 0 Å². The molecule has 0 saturated carbocycles. The predicted molar refractivity (Wildman–Crippen MR) is 51.4 cm³/mol. The third-order valence-corrected chi connectivity index (χ3v) is 2.11. The van der Waals surface area contributed by atoms with E-state index in [2.05, 4.69) is 15.3 Å². The Bertz CT molecular complexity index is 331. The van der Waals surface area contributed by atoms with Crippen LogP contribution >= 0.6 is 34.8 Å². The maximum atomic E-state index is 10.8. The molecule has 0 bridgehead atoms. The number of nitrogens with zero attached hydrogens (tertiary/aromatic N) is 2. The zero-order valence-corrected chi connectivity index (χ0v) is 8.49. The highest BCUT2D eigenvalue weighted by Gasteiger charge is 2.09. The second kappa shape index (κ2) is 4.60. The summed E-state index contributed by atoms with van der Waals surface area (Å²) in [7, 11) is 0. The number of rotatable bonds is 2. The van der Waals surface area contributed by atoms with Gasteiger partial charge in [-0.15, -0.1) is 11.6 Å². The maximum absolute atomic E-state index is 10.8. The van der Waals surface area contributed by atoms with E-state index in [1.165, 1.54) is 6.33 Å². The van der Waals surface area contributed by atoms with Gasteiger partial charge in [-0.05, 0) is 0 Å². The molecule has 1 aromatic heterocycles. The van der Waals surface area contributed by atoms with E-state index in [4.69, 9.17) is 34.8 Å². The monoisotopic (exact) mass is 239 g/mol. The first-order valence-corrected chi connectivity index (χ1v) is 4.46. The Balaban J connectivity index is 2.89. The van der Waals surface area contributed by atoms with E-state index in [1.54, 1.807) is 0 Å². The van der Waals surface area contributed by atoms with Crippen LogP contribution in [0.1, 0.15) is 0 Å². The molecule has 0 radical (unpaired) electrons. The molecule has 0 unspecified atom stereocenters. The van der Waals surface area contributed by atoms with Gasteiger partial charge in [-0.1, -0.05) is 23.2 Å². The Kier molecular flexibility index (Phi) is 3.71. The minimum absolute atomic E-state index is 0.0848. The van der Waals surface area contributed by atoms with Crippen LogP contribution in [0.15, 0.2) is 6.33 Å². The van der Waals surface area contributed by atoms with Crippen LogP contribution < -0.4 is 5.32 Å². The van der Waals surface area contributed by atoms with Gasteiger partial charge in [0.25, 0.3) is 0 Å². The Morgan fingerprint density at radius 1 is 1.46 bits per heavy atom. The lowest BCUT2D eigenvalue weighted by Gasteiger charge is -2.03. The first kappa shape index (κ1) is 10.5. The van der Waals surface area contributed by atoms with Crippen molar-refractivity contribution in [2.75, 3.05) is 11.2 Å². The van der Waals surface area contributed by atoms with Crippen molar-refractivity contribution in [3.8, 4) is 0 Å². The average molecular weight is 240 g/mol. The zero-order valence-electron chi connectivity index (χ0n) is 6.22. The second-order valence-corrected chi connectivity index (χ2v) is 3.01. The van der Waals surface area contributed by atoms with Gasteiger partial charge in [0, 0.05) is 0 Å². The van der Waals surface area contributed by atoms with Gasteiger partial charge in [0.05, 0.1) is 0 Å². The lowest BCUT2D eigenvalue weighted by atomic mass is 10.5. The van der Waals surface area contributed by atoms with Crippen LogP contribution in [-0.2, 0) is 4.79 Å². The van der Waals surface area contributed by atoms with Gasteiger partial charge >= 0.3 is 0 Å². The quantitative estimate of drug-likeness (QED) is 0.635. The summed E-state index contributed by atoms with van der Waals surface area (Å²) in [6.07, 6.45) is 1.19. The fourth-order valence-corrected chi connectivity index (χ4v) is 0.946. The molecule has 70 valence electrons. The van der Waals surface area contributed by atoms with Crippen molar-refractivity contribution >= 4 is 46.5 Å². The molecule has 0 aliphatic heterocycles. The van der Waals surface area contributed by atoms with Crippen LogP contribution in [0.2, 0.25) is 10.2 Å². The topological polar surface area (TPSA) is 54.9 Å². The number of aromatic nitrogens is 2. The Hall–Kier alpha value is -0.580. The van der Waals surface area contributed by atoms with Crippen LogP contribution in [0.4, 0.5) is 5.82 Å². The molecule has 0 aromatic carbocycles. The number of nitrogens with one attached hydrogen (secondary N) is 1. The molecule has 1 amide bonds. The molecular formula is C6H4Cl3N3O. The Morgan fingerprint density at radius 2 is 2.15 bits per heavy atom. The summed E-state index contributed by atoms with van der Waals surface area (Å²) < 4.78 is 0. The lowest BCUT2D eigenvalue weighted by Crippen LogP contribution is -2.14. The summed E-state index contributed by atoms with van der Waals surface area (Å²) in [6.45, 7) is 0. The van der Waals surface area contributed by atoms with Crippen molar-refractivity contribution in [2.24, 2.45) is 0 Å². The predicted octanol–water partition coefficient (Wildman–Crippen LogP) is 1.96. The first-order valence-electron chi connectivity index (χ1n) is 3.17. The number of carbonyl (C=O) groups is 1. The molecule has 1 N–H and O–H groups in total. The highest BCUT2D eigenvalue weighted by molar-refractivity contribution is 6.43. The molecule has 13 heavy (non-hydrogen) atoms. The number of halogens is 3. The fraction of sp³-hybridized carbons (Fsp3) is 0.167. The van der Waals surface area contributed by atoms with E-state index in [0.29, 0.717) is 0 Å². The van der Waals surface area contributed by atoms with E-state index in [-0.39, 0.29) is 21.9 Å². The highest BCUT2D eigenvalue weighted by Crippen LogP contribution is 2.25. The molecular weight excluding hydrogens is 236 g/mol. The van der Waals surface area contributed by atoms with Crippen molar-refractivity contribution in [1.82, 2.24) is 9.97 Å². The molecule has 0 aliphatic carbocycles. The number of carbonyl (C=O) groups excluding carboxylic acids is 1. The van der Waals surface area contributed by atoms with E-state index in [9.17, 15) is 4.79 Å². The Morgan fingerprint density at radius 3 is 2.77 bits per heavy atom. The molecule has 0 saturated heterocycles. The average Bonchev–Trinajstić information content (AvgIpc) is 2.13. The Labute approximate surface area is 89.2 Å². The summed E-state index contributed by atoms with van der Waals surface area (Å²) in [5.74, 6) is -0.413. The number of alkyl halides is 1. The highest BCUT2D eigenvalue weighted by atomic mass is 35.5.